The van der Waals surface area contributed by atoms with E-state index in [-0.39, 0.29) is 0 Å². The summed E-state index contributed by atoms with van der Waals surface area (Å²) in [7, 11) is 0. The van der Waals surface area contributed by atoms with Crippen LogP contribution in [0.5, 0.6) is 0 Å². The number of rotatable bonds is 1. The van der Waals surface area contributed by atoms with Crippen molar-refractivity contribution in [3.8, 4) is 6.07 Å². The maximum Gasteiger partial charge on any atom is 0.120 e. The van der Waals surface area contributed by atoms with Crippen LogP contribution in [0.4, 0.5) is 0 Å². The average molecular weight is 132 g/mol. The Morgan fingerprint density at radius 2 is 2.40 bits per heavy atom. The molecule has 1 aromatic rings. The molecule has 0 spiro atoms. The Bertz CT molecular complexity index is 276. The lowest BCUT2D eigenvalue weighted by molar-refractivity contribution is 0.737. The van der Waals surface area contributed by atoms with Gasteiger partial charge >= 0.3 is 0 Å². The van der Waals surface area contributed by atoms with E-state index in [1.165, 1.54) is 12.8 Å². The minimum atomic E-state index is 0.629. The maximum atomic E-state index is 8.61. The van der Waals surface area contributed by atoms with Gasteiger partial charge in [0.25, 0.3) is 0 Å². The van der Waals surface area contributed by atoms with E-state index in [1.807, 2.05) is 18.3 Å². The number of nitriles is 1. The van der Waals surface area contributed by atoms with Gasteiger partial charge in [0.2, 0.25) is 0 Å². The molecule has 1 fully saturated rings. The SMILES string of the molecule is N#Cc1cccn1C1CC1. The molecule has 0 atom stereocenters. The van der Waals surface area contributed by atoms with Crippen LogP contribution < -0.4 is 0 Å². The normalized spacial score (nSPS) is 16.7. The highest BCUT2D eigenvalue weighted by molar-refractivity contribution is 5.23. The molecule has 2 nitrogen and oxygen atoms in total. The molecule has 0 unspecified atom stereocenters. The summed E-state index contributed by atoms with van der Waals surface area (Å²) in [6.45, 7) is 0. The molecule has 10 heavy (non-hydrogen) atoms. The predicted molar refractivity (Wildman–Crippen MR) is 37.4 cm³/mol. The average Bonchev–Trinajstić information content (AvgIpc) is 2.69. The lowest BCUT2D eigenvalue weighted by Gasteiger charge is -1.98. The van der Waals surface area contributed by atoms with Crippen LogP contribution in [0.25, 0.3) is 0 Å². The van der Waals surface area contributed by atoms with Crippen molar-refractivity contribution < 1.29 is 0 Å². The molecular formula is C8H8N2. The minimum Gasteiger partial charge on any atom is -0.336 e. The second kappa shape index (κ2) is 1.88. The van der Waals surface area contributed by atoms with Crippen molar-refractivity contribution in [2.75, 3.05) is 0 Å². The summed E-state index contributed by atoms with van der Waals surface area (Å²) in [6.07, 6.45) is 4.46. The fourth-order valence-corrected chi connectivity index (χ4v) is 1.16. The van der Waals surface area contributed by atoms with E-state index in [4.69, 9.17) is 5.26 Å². The molecule has 1 aliphatic rings. The number of hydrogen-bond acceptors (Lipinski definition) is 1. The first kappa shape index (κ1) is 5.55. The lowest BCUT2D eigenvalue weighted by Crippen LogP contribution is -1.93. The van der Waals surface area contributed by atoms with Crippen LogP contribution >= 0.6 is 0 Å². The van der Waals surface area contributed by atoms with Crippen LogP contribution in [0, 0.1) is 11.3 Å². The fraction of sp³-hybridized carbons (Fsp3) is 0.375. The Hall–Kier alpha value is -1.23. The van der Waals surface area contributed by atoms with Crippen molar-refractivity contribution >= 4 is 0 Å². The molecule has 50 valence electrons. The highest BCUT2D eigenvalue weighted by atomic mass is 15.0. The third-order valence-corrected chi connectivity index (χ3v) is 1.83. The van der Waals surface area contributed by atoms with E-state index in [2.05, 4.69) is 10.6 Å². The molecule has 0 amide bonds. The second-order valence-electron chi connectivity index (χ2n) is 2.64. The minimum absolute atomic E-state index is 0.629. The van der Waals surface area contributed by atoms with E-state index >= 15 is 0 Å². The number of hydrogen-bond donors (Lipinski definition) is 0. The molecule has 1 heterocycles. The predicted octanol–water partition coefficient (Wildman–Crippen LogP) is 1.69. The quantitative estimate of drug-likeness (QED) is 0.571. The zero-order valence-electron chi connectivity index (χ0n) is 5.62. The van der Waals surface area contributed by atoms with Gasteiger partial charge in [-0.3, -0.25) is 0 Å². The third kappa shape index (κ3) is 0.714. The molecule has 1 aromatic heterocycles. The topological polar surface area (TPSA) is 28.7 Å². The molecule has 1 saturated carbocycles. The Morgan fingerprint density at radius 3 is 3.00 bits per heavy atom. The monoisotopic (exact) mass is 132 g/mol. The van der Waals surface area contributed by atoms with Crippen molar-refractivity contribution in [1.82, 2.24) is 4.57 Å². The van der Waals surface area contributed by atoms with Crippen LogP contribution in [-0.2, 0) is 0 Å². The highest BCUT2D eigenvalue weighted by Crippen LogP contribution is 2.35. The smallest absolute Gasteiger partial charge is 0.120 e. The van der Waals surface area contributed by atoms with Gasteiger partial charge in [-0.2, -0.15) is 5.26 Å². The van der Waals surface area contributed by atoms with Crippen LogP contribution in [-0.4, -0.2) is 4.57 Å². The van der Waals surface area contributed by atoms with E-state index in [9.17, 15) is 0 Å². The van der Waals surface area contributed by atoms with Gasteiger partial charge in [-0.25, -0.2) is 0 Å². The first-order chi connectivity index (χ1) is 4.92. The summed E-state index contributed by atoms with van der Waals surface area (Å²) in [5.41, 5.74) is 0.794. The second-order valence-corrected chi connectivity index (χ2v) is 2.64. The summed E-state index contributed by atoms with van der Waals surface area (Å²) in [5, 5.41) is 8.61. The summed E-state index contributed by atoms with van der Waals surface area (Å²) < 4.78 is 2.06. The summed E-state index contributed by atoms with van der Waals surface area (Å²) >= 11 is 0. The third-order valence-electron chi connectivity index (χ3n) is 1.83. The maximum absolute atomic E-state index is 8.61. The molecule has 2 heteroatoms. The Balaban J connectivity index is 2.40. The van der Waals surface area contributed by atoms with Crippen molar-refractivity contribution in [1.29, 1.82) is 5.26 Å². The first-order valence-electron chi connectivity index (χ1n) is 3.49. The molecule has 0 N–H and O–H groups in total. The zero-order chi connectivity index (χ0) is 6.97. The summed E-state index contributed by atoms with van der Waals surface area (Å²) in [4.78, 5) is 0. The van der Waals surface area contributed by atoms with Crippen molar-refractivity contribution in [3.63, 3.8) is 0 Å². The number of nitrogens with zero attached hydrogens (tertiary/aromatic N) is 2. The van der Waals surface area contributed by atoms with E-state index in [0.717, 1.165) is 5.69 Å². The molecular weight excluding hydrogens is 124 g/mol. The summed E-state index contributed by atoms with van der Waals surface area (Å²) in [6, 6.07) is 6.58. The highest BCUT2D eigenvalue weighted by Gasteiger charge is 2.24. The van der Waals surface area contributed by atoms with Crippen molar-refractivity contribution in [2.24, 2.45) is 0 Å². The molecule has 0 aromatic carbocycles. The Kier molecular flexibility index (Phi) is 1.04. The molecule has 0 aliphatic heterocycles. The molecule has 2 rings (SSSR count). The van der Waals surface area contributed by atoms with Crippen LogP contribution in [0.3, 0.4) is 0 Å². The molecule has 1 aliphatic carbocycles. The molecule has 0 saturated heterocycles. The fourth-order valence-electron chi connectivity index (χ4n) is 1.16. The van der Waals surface area contributed by atoms with Gasteiger partial charge in [-0.05, 0) is 25.0 Å². The van der Waals surface area contributed by atoms with Gasteiger partial charge in [0.15, 0.2) is 0 Å². The van der Waals surface area contributed by atoms with Gasteiger partial charge in [-0.15, -0.1) is 0 Å². The summed E-state index contributed by atoms with van der Waals surface area (Å²) in [5.74, 6) is 0. The van der Waals surface area contributed by atoms with E-state index < -0.39 is 0 Å². The zero-order valence-corrected chi connectivity index (χ0v) is 5.62. The van der Waals surface area contributed by atoms with E-state index in [1.54, 1.807) is 0 Å². The van der Waals surface area contributed by atoms with Gasteiger partial charge in [0.05, 0.1) is 0 Å². The van der Waals surface area contributed by atoms with Gasteiger partial charge < -0.3 is 4.57 Å². The van der Waals surface area contributed by atoms with E-state index in [0.29, 0.717) is 6.04 Å². The van der Waals surface area contributed by atoms with Gasteiger partial charge in [0.1, 0.15) is 11.8 Å². The van der Waals surface area contributed by atoms with Crippen molar-refractivity contribution in [3.05, 3.63) is 24.0 Å². The molecule has 0 radical (unpaired) electrons. The Labute approximate surface area is 59.7 Å². The van der Waals surface area contributed by atoms with Gasteiger partial charge in [-0.1, -0.05) is 0 Å². The standard InChI is InChI=1S/C8H8N2/c9-6-8-2-1-5-10(8)7-3-4-7/h1-2,5,7H,3-4H2. The first-order valence-corrected chi connectivity index (χ1v) is 3.49. The Morgan fingerprint density at radius 1 is 1.60 bits per heavy atom. The molecule has 0 bridgehead atoms. The van der Waals surface area contributed by atoms with Crippen LogP contribution in [0.2, 0.25) is 0 Å². The van der Waals surface area contributed by atoms with Crippen molar-refractivity contribution in [2.45, 2.75) is 18.9 Å². The van der Waals surface area contributed by atoms with Crippen LogP contribution in [0.15, 0.2) is 18.3 Å². The number of aromatic nitrogens is 1. The van der Waals surface area contributed by atoms with Crippen LogP contribution in [0.1, 0.15) is 24.6 Å². The lowest BCUT2D eigenvalue weighted by atomic mass is 10.5. The largest absolute Gasteiger partial charge is 0.336 e. The van der Waals surface area contributed by atoms with Gasteiger partial charge in [0, 0.05) is 12.2 Å².